The first-order chi connectivity index (χ1) is 9.68. The molecule has 0 bridgehead atoms. The fourth-order valence-electron chi connectivity index (χ4n) is 2.04. The summed E-state index contributed by atoms with van der Waals surface area (Å²) in [7, 11) is 0. The first kappa shape index (κ1) is 12.6. The lowest BCUT2D eigenvalue weighted by Gasteiger charge is -2.12. The largest absolute Gasteiger partial charge is 0.858 e. The van der Waals surface area contributed by atoms with E-state index in [-0.39, 0.29) is 17.2 Å². The molecule has 0 atom stereocenters. The van der Waals surface area contributed by atoms with Crippen molar-refractivity contribution in [3.05, 3.63) is 64.0 Å². The highest BCUT2D eigenvalue weighted by Crippen LogP contribution is 2.26. The first-order valence-corrected chi connectivity index (χ1v) is 6.96. The number of rotatable bonds is 3. The summed E-state index contributed by atoms with van der Waals surface area (Å²) in [4.78, 5) is 12.9. The summed E-state index contributed by atoms with van der Waals surface area (Å²) < 4.78 is 1.27. The van der Waals surface area contributed by atoms with E-state index < -0.39 is 0 Å². The van der Waals surface area contributed by atoms with E-state index in [1.807, 2.05) is 23.6 Å². The van der Waals surface area contributed by atoms with E-state index in [0.717, 1.165) is 0 Å². The predicted octanol–water partition coefficient (Wildman–Crippen LogP) is 2.55. The summed E-state index contributed by atoms with van der Waals surface area (Å²) in [6.07, 6.45) is 0. The Bertz CT molecular complexity index is 746. The van der Waals surface area contributed by atoms with Crippen LogP contribution in [0.15, 0.2) is 47.8 Å². The summed E-state index contributed by atoms with van der Waals surface area (Å²) in [6, 6.07) is 12.6. The van der Waals surface area contributed by atoms with Crippen molar-refractivity contribution in [3.63, 3.8) is 0 Å². The molecule has 0 aliphatic heterocycles. The molecule has 0 N–H and O–H groups in total. The lowest BCUT2D eigenvalue weighted by Crippen LogP contribution is -2.08. The van der Waals surface area contributed by atoms with Crippen LogP contribution in [-0.2, 0) is 0 Å². The SMILES string of the molecule is Cc1nn(-c2ccccc2)c([O-])c1C(=O)c1cccs1. The van der Waals surface area contributed by atoms with Crippen LogP contribution < -0.4 is 5.11 Å². The number of hydrogen-bond acceptors (Lipinski definition) is 4. The fourth-order valence-corrected chi connectivity index (χ4v) is 2.71. The Hall–Kier alpha value is -2.40. The van der Waals surface area contributed by atoms with E-state index in [1.54, 1.807) is 31.2 Å². The van der Waals surface area contributed by atoms with Crippen molar-refractivity contribution in [2.45, 2.75) is 6.92 Å². The van der Waals surface area contributed by atoms with Crippen molar-refractivity contribution < 1.29 is 9.90 Å². The molecule has 100 valence electrons. The van der Waals surface area contributed by atoms with Gasteiger partial charge in [-0.05, 0) is 30.5 Å². The van der Waals surface area contributed by atoms with Gasteiger partial charge >= 0.3 is 0 Å². The molecule has 0 radical (unpaired) electrons. The second-order valence-corrected chi connectivity index (χ2v) is 5.27. The van der Waals surface area contributed by atoms with E-state index in [2.05, 4.69) is 5.10 Å². The van der Waals surface area contributed by atoms with Gasteiger partial charge in [0.05, 0.1) is 21.8 Å². The minimum atomic E-state index is -0.368. The zero-order chi connectivity index (χ0) is 14.1. The molecule has 0 spiro atoms. The number of carbonyl (C=O) groups excluding carboxylic acids is 1. The van der Waals surface area contributed by atoms with Gasteiger partial charge < -0.3 is 5.11 Å². The minimum Gasteiger partial charge on any atom is -0.858 e. The molecule has 2 aromatic heterocycles. The Morgan fingerprint density at radius 1 is 1.20 bits per heavy atom. The lowest BCUT2D eigenvalue weighted by molar-refractivity contribution is -0.278. The molecular formula is C15H11N2O2S-. The molecule has 0 amide bonds. The van der Waals surface area contributed by atoms with Crippen molar-refractivity contribution in [2.75, 3.05) is 0 Å². The Balaban J connectivity index is 2.10. The van der Waals surface area contributed by atoms with Gasteiger partial charge in [-0.15, -0.1) is 11.3 Å². The van der Waals surface area contributed by atoms with Crippen LogP contribution in [0.5, 0.6) is 5.88 Å². The van der Waals surface area contributed by atoms with Gasteiger partial charge in [-0.1, -0.05) is 24.3 Å². The van der Waals surface area contributed by atoms with Gasteiger partial charge in [-0.3, -0.25) is 4.79 Å². The molecule has 0 unspecified atom stereocenters. The molecule has 0 fully saturated rings. The standard InChI is InChI=1S/C15H12N2O2S/c1-10-13(14(18)12-8-5-9-20-12)15(19)17(16-10)11-6-3-2-4-7-11/h2-9,19H,1H3/p-1. The molecular weight excluding hydrogens is 272 g/mol. The highest BCUT2D eigenvalue weighted by molar-refractivity contribution is 7.12. The summed E-state index contributed by atoms with van der Waals surface area (Å²) >= 11 is 1.32. The van der Waals surface area contributed by atoms with E-state index >= 15 is 0 Å². The van der Waals surface area contributed by atoms with Gasteiger partial charge in [0.1, 0.15) is 0 Å². The molecule has 0 aliphatic rings. The van der Waals surface area contributed by atoms with Crippen LogP contribution in [0.2, 0.25) is 0 Å². The number of aryl methyl sites for hydroxylation is 1. The maximum atomic E-state index is 12.4. The zero-order valence-corrected chi connectivity index (χ0v) is 11.6. The first-order valence-electron chi connectivity index (χ1n) is 6.08. The Morgan fingerprint density at radius 2 is 1.95 bits per heavy atom. The number of ketones is 1. The average Bonchev–Trinajstić information content (AvgIpc) is 3.08. The van der Waals surface area contributed by atoms with Crippen LogP contribution >= 0.6 is 11.3 Å². The van der Waals surface area contributed by atoms with E-state index in [0.29, 0.717) is 16.3 Å². The van der Waals surface area contributed by atoms with Crippen LogP contribution in [0.3, 0.4) is 0 Å². The summed E-state index contributed by atoms with van der Waals surface area (Å²) in [6.45, 7) is 1.68. The van der Waals surface area contributed by atoms with Crippen LogP contribution in [0.1, 0.15) is 20.9 Å². The number of benzene rings is 1. The van der Waals surface area contributed by atoms with Crippen LogP contribution in [-0.4, -0.2) is 15.6 Å². The average molecular weight is 283 g/mol. The normalized spacial score (nSPS) is 10.7. The molecule has 3 aromatic rings. The third kappa shape index (κ3) is 2.02. The van der Waals surface area contributed by atoms with Gasteiger partial charge in [0, 0.05) is 5.88 Å². The number of aromatic nitrogens is 2. The maximum absolute atomic E-state index is 12.4. The molecule has 4 nitrogen and oxygen atoms in total. The molecule has 2 heterocycles. The molecule has 20 heavy (non-hydrogen) atoms. The third-order valence-corrected chi connectivity index (χ3v) is 3.86. The number of nitrogens with zero attached hydrogens (tertiary/aromatic N) is 2. The van der Waals surface area contributed by atoms with Crippen LogP contribution in [0.25, 0.3) is 5.69 Å². The predicted molar refractivity (Wildman–Crippen MR) is 75.5 cm³/mol. The van der Waals surface area contributed by atoms with Crippen molar-refractivity contribution in [3.8, 4) is 11.6 Å². The highest BCUT2D eigenvalue weighted by atomic mass is 32.1. The van der Waals surface area contributed by atoms with Gasteiger partial charge in [0.2, 0.25) is 5.78 Å². The maximum Gasteiger partial charge on any atom is 0.205 e. The third-order valence-electron chi connectivity index (χ3n) is 2.99. The Labute approximate surface area is 119 Å². The van der Waals surface area contributed by atoms with Crippen LogP contribution in [0.4, 0.5) is 0 Å². The van der Waals surface area contributed by atoms with Gasteiger partial charge in [0.25, 0.3) is 0 Å². The Morgan fingerprint density at radius 3 is 2.60 bits per heavy atom. The number of hydrogen-bond donors (Lipinski definition) is 0. The summed E-state index contributed by atoms with van der Waals surface area (Å²) in [5, 5.41) is 18.4. The Kier molecular flexibility index (Phi) is 3.12. The molecule has 5 heteroatoms. The lowest BCUT2D eigenvalue weighted by atomic mass is 10.1. The van der Waals surface area contributed by atoms with Gasteiger partial charge in [-0.25, -0.2) is 4.68 Å². The fraction of sp³-hybridized carbons (Fsp3) is 0.0667. The number of thiophene rings is 1. The second-order valence-electron chi connectivity index (χ2n) is 4.32. The topological polar surface area (TPSA) is 57.9 Å². The molecule has 0 aliphatic carbocycles. The zero-order valence-electron chi connectivity index (χ0n) is 10.7. The summed E-state index contributed by atoms with van der Waals surface area (Å²) in [5.41, 5.74) is 1.26. The minimum absolute atomic E-state index is 0.149. The smallest absolute Gasteiger partial charge is 0.205 e. The van der Waals surface area contributed by atoms with Crippen molar-refractivity contribution in [1.82, 2.24) is 9.78 Å². The molecule has 0 saturated carbocycles. The number of para-hydroxylation sites is 1. The monoisotopic (exact) mass is 283 g/mol. The molecule has 1 aromatic carbocycles. The second kappa shape index (κ2) is 4.94. The molecule has 0 saturated heterocycles. The van der Waals surface area contributed by atoms with Crippen molar-refractivity contribution in [2.24, 2.45) is 0 Å². The van der Waals surface area contributed by atoms with E-state index in [4.69, 9.17) is 0 Å². The summed E-state index contributed by atoms with van der Waals surface area (Å²) in [5.74, 6) is -0.628. The van der Waals surface area contributed by atoms with Gasteiger partial charge in [-0.2, -0.15) is 5.10 Å². The number of carbonyl (C=O) groups is 1. The van der Waals surface area contributed by atoms with Gasteiger partial charge in [0.15, 0.2) is 0 Å². The highest BCUT2D eigenvalue weighted by Gasteiger charge is 2.18. The molecule has 3 rings (SSSR count). The van der Waals surface area contributed by atoms with E-state index in [9.17, 15) is 9.90 Å². The van der Waals surface area contributed by atoms with E-state index in [1.165, 1.54) is 16.0 Å². The quantitative estimate of drug-likeness (QED) is 0.694. The van der Waals surface area contributed by atoms with Crippen LogP contribution in [0, 0.1) is 6.92 Å². The van der Waals surface area contributed by atoms with Crippen molar-refractivity contribution in [1.29, 1.82) is 0 Å². The van der Waals surface area contributed by atoms with Crippen molar-refractivity contribution >= 4 is 17.1 Å².